The summed E-state index contributed by atoms with van der Waals surface area (Å²) in [6.07, 6.45) is 1.65. The monoisotopic (exact) mass is 504 g/mol. The van der Waals surface area contributed by atoms with E-state index in [1.54, 1.807) is 0 Å². The lowest BCUT2D eigenvalue weighted by Gasteiger charge is -2.09. The van der Waals surface area contributed by atoms with E-state index in [1.807, 2.05) is 54.2 Å². The number of aromatic nitrogens is 1. The molecule has 0 saturated carbocycles. The maximum atomic E-state index is 12.4. The molecule has 3 aromatic rings. The summed E-state index contributed by atoms with van der Waals surface area (Å²) >= 11 is 1.95. The highest BCUT2D eigenvalue weighted by Gasteiger charge is 2.08. The van der Waals surface area contributed by atoms with Crippen LogP contribution in [0.2, 0.25) is 0 Å². The summed E-state index contributed by atoms with van der Waals surface area (Å²) in [5.74, 6) is 2.01. The number of rotatable bonds is 13. The van der Waals surface area contributed by atoms with Crippen molar-refractivity contribution >= 4 is 23.6 Å². The standard InChI is InChI=1S/C29H36N4O2S/c1-22(34)30-17-4-5-18-31-29(35)26-15-13-25(14-16-26)28-8-6-7-27(32-28)24-11-9-23(10-12-24)21-36-20-19-33(2)3/h6-16H,4-5,17-21H2,1-3H3,(H,30,34)(H,31,35). The number of hydrogen-bond donors (Lipinski definition) is 2. The van der Waals surface area contributed by atoms with Gasteiger partial charge >= 0.3 is 0 Å². The van der Waals surface area contributed by atoms with Crippen molar-refractivity contribution < 1.29 is 9.59 Å². The van der Waals surface area contributed by atoms with Gasteiger partial charge in [0, 0.05) is 54.8 Å². The minimum atomic E-state index is -0.0947. The van der Waals surface area contributed by atoms with Crippen LogP contribution in [0.25, 0.3) is 22.5 Å². The molecule has 0 spiro atoms. The largest absolute Gasteiger partial charge is 0.356 e. The molecule has 2 amide bonds. The van der Waals surface area contributed by atoms with Crippen molar-refractivity contribution in [3.8, 4) is 22.5 Å². The van der Waals surface area contributed by atoms with Gasteiger partial charge in [0.15, 0.2) is 0 Å². The van der Waals surface area contributed by atoms with Crippen LogP contribution in [0, 0.1) is 0 Å². The minimum absolute atomic E-state index is 0.0297. The number of nitrogens with zero attached hydrogens (tertiary/aromatic N) is 2. The van der Waals surface area contributed by atoms with E-state index in [4.69, 9.17) is 4.98 Å². The summed E-state index contributed by atoms with van der Waals surface area (Å²) in [5.41, 5.74) is 5.81. The van der Waals surface area contributed by atoms with Crippen LogP contribution in [0.15, 0.2) is 66.7 Å². The number of unbranched alkanes of at least 4 members (excludes halogenated alkanes) is 1. The fourth-order valence-electron chi connectivity index (χ4n) is 3.58. The summed E-state index contributed by atoms with van der Waals surface area (Å²) in [5, 5.41) is 5.69. The predicted octanol–water partition coefficient (Wildman–Crippen LogP) is 4.86. The molecule has 1 heterocycles. The van der Waals surface area contributed by atoms with Crippen LogP contribution in [-0.4, -0.2) is 61.2 Å². The van der Waals surface area contributed by atoms with Crippen molar-refractivity contribution in [3.05, 3.63) is 77.9 Å². The smallest absolute Gasteiger partial charge is 0.251 e. The molecule has 0 radical (unpaired) electrons. The van der Waals surface area contributed by atoms with Gasteiger partial charge in [0.25, 0.3) is 5.91 Å². The Bertz CT molecular complexity index is 1110. The number of carbonyl (C=O) groups excluding carboxylic acids is 2. The van der Waals surface area contributed by atoms with Crippen LogP contribution < -0.4 is 10.6 Å². The first-order chi connectivity index (χ1) is 17.4. The maximum absolute atomic E-state index is 12.4. The van der Waals surface area contributed by atoms with Gasteiger partial charge in [-0.1, -0.05) is 42.5 Å². The first kappa shape index (κ1) is 27.4. The number of hydrogen-bond acceptors (Lipinski definition) is 5. The third-order valence-electron chi connectivity index (χ3n) is 5.66. The topological polar surface area (TPSA) is 74.3 Å². The first-order valence-electron chi connectivity index (χ1n) is 12.3. The Morgan fingerprint density at radius 3 is 2.00 bits per heavy atom. The predicted molar refractivity (Wildman–Crippen MR) is 150 cm³/mol. The Kier molecular flexibility index (Phi) is 11.0. The van der Waals surface area contributed by atoms with Gasteiger partial charge in [-0.3, -0.25) is 9.59 Å². The molecule has 0 unspecified atom stereocenters. The lowest BCUT2D eigenvalue weighted by atomic mass is 10.1. The van der Waals surface area contributed by atoms with Gasteiger partial charge < -0.3 is 15.5 Å². The molecule has 0 fully saturated rings. The quantitative estimate of drug-likeness (QED) is 0.325. The second kappa shape index (κ2) is 14.4. The molecule has 0 saturated heterocycles. The number of pyridine rings is 1. The number of benzene rings is 2. The summed E-state index contributed by atoms with van der Waals surface area (Å²) < 4.78 is 0. The van der Waals surface area contributed by atoms with Gasteiger partial charge in [0.1, 0.15) is 0 Å². The third-order valence-corrected chi connectivity index (χ3v) is 6.66. The zero-order valence-corrected chi connectivity index (χ0v) is 22.2. The lowest BCUT2D eigenvalue weighted by Crippen LogP contribution is -2.26. The van der Waals surface area contributed by atoms with Crippen LogP contribution in [-0.2, 0) is 10.5 Å². The van der Waals surface area contributed by atoms with Gasteiger partial charge in [0.2, 0.25) is 5.91 Å². The number of carbonyl (C=O) groups is 2. The van der Waals surface area contributed by atoms with Crippen LogP contribution >= 0.6 is 11.8 Å². The van der Waals surface area contributed by atoms with Gasteiger partial charge in [-0.15, -0.1) is 0 Å². The molecule has 0 aliphatic heterocycles. The van der Waals surface area contributed by atoms with Crippen LogP contribution in [0.1, 0.15) is 35.7 Å². The number of nitrogens with one attached hydrogen (secondary N) is 2. The molecule has 6 nitrogen and oxygen atoms in total. The van der Waals surface area contributed by atoms with Gasteiger partial charge in [0.05, 0.1) is 11.4 Å². The highest BCUT2D eigenvalue weighted by atomic mass is 32.2. The minimum Gasteiger partial charge on any atom is -0.356 e. The Morgan fingerprint density at radius 2 is 1.42 bits per heavy atom. The van der Waals surface area contributed by atoms with Crippen molar-refractivity contribution in [2.45, 2.75) is 25.5 Å². The Morgan fingerprint density at radius 1 is 0.833 bits per heavy atom. The third kappa shape index (κ3) is 9.13. The summed E-state index contributed by atoms with van der Waals surface area (Å²) in [7, 11) is 4.20. The molecule has 190 valence electrons. The molecule has 0 bridgehead atoms. The summed E-state index contributed by atoms with van der Waals surface area (Å²) in [6, 6.07) is 22.2. The van der Waals surface area contributed by atoms with Crippen LogP contribution in [0.5, 0.6) is 0 Å². The fraction of sp³-hybridized carbons (Fsp3) is 0.345. The van der Waals surface area contributed by atoms with Crippen molar-refractivity contribution in [1.29, 1.82) is 0 Å². The van der Waals surface area contributed by atoms with E-state index >= 15 is 0 Å². The highest BCUT2D eigenvalue weighted by Crippen LogP contribution is 2.24. The zero-order chi connectivity index (χ0) is 25.8. The van der Waals surface area contributed by atoms with E-state index < -0.39 is 0 Å². The van der Waals surface area contributed by atoms with E-state index in [-0.39, 0.29) is 11.8 Å². The molecule has 3 rings (SSSR count). The Balaban J connectivity index is 1.54. The molecule has 2 aromatic carbocycles. The first-order valence-corrected chi connectivity index (χ1v) is 13.5. The Hall–Kier alpha value is -3.16. The average Bonchev–Trinajstić information content (AvgIpc) is 2.89. The molecule has 1 aromatic heterocycles. The fourth-order valence-corrected chi connectivity index (χ4v) is 4.64. The van der Waals surface area contributed by atoms with E-state index in [0.29, 0.717) is 18.7 Å². The molecule has 7 heteroatoms. The zero-order valence-electron chi connectivity index (χ0n) is 21.4. The molecular weight excluding hydrogens is 468 g/mol. The van der Waals surface area contributed by atoms with E-state index in [0.717, 1.165) is 53.4 Å². The van der Waals surface area contributed by atoms with Crippen molar-refractivity contribution in [2.24, 2.45) is 0 Å². The van der Waals surface area contributed by atoms with Gasteiger partial charge in [-0.2, -0.15) is 11.8 Å². The van der Waals surface area contributed by atoms with E-state index in [1.165, 1.54) is 12.5 Å². The summed E-state index contributed by atoms with van der Waals surface area (Å²) in [4.78, 5) is 30.4. The van der Waals surface area contributed by atoms with Gasteiger partial charge in [-0.05, 0) is 56.8 Å². The molecule has 0 aliphatic carbocycles. The maximum Gasteiger partial charge on any atom is 0.251 e. The summed E-state index contributed by atoms with van der Waals surface area (Å²) in [6.45, 7) is 3.80. The van der Waals surface area contributed by atoms with E-state index in [2.05, 4.69) is 53.9 Å². The van der Waals surface area contributed by atoms with Crippen molar-refractivity contribution in [2.75, 3.05) is 39.5 Å². The number of amides is 2. The molecule has 2 N–H and O–H groups in total. The van der Waals surface area contributed by atoms with E-state index in [9.17, 15) is 9.59 Å². The SMILES string of the molecule is CC(=O)NCCCCNC(=O)c1ccc(-c2cccc(-c3ccc(CSCCN(C)C)cc3)n2)cc1. The van der Waals surface area contributed by atoms with Crippen molar-refractivity contribution in [3.63, 3.8) is 0 Å². The molecule has 36 heavy (non-hydrogen) atoms. The Labute approximate surface area is 218 Å². The normalized spacial score (nSPS) is 10.9. The highest BCUT2D eigenvalue weighted by molar-refractivity contribution is 7.98. The van der Waals surface area contributed by atoms with Gasteiger partial charge in [-0.25, -0.2) is 4.98 Å². The molecule has 0 atom stereocenters. The van der Waals surface area contributed by atoms with Crippen LogP contribution in [0.3, 0.4) is 0 Å². The lowest BCUT2D eigenvalue weighted by molar-refractivity contribution is -0.118. The van der Waals surface area contributed by atoms with Crippen molar-refractivity contribution in [1.82, 2.24) is 20.5 Å². The number of thioether (sulfide) groups is 1. The second-order valence-corrected chi connectivity index (χ2v) is 10.1. The second-order valence-electron chi connectivity index (χ2n) is 8.98. The molecular formula is C29H36N4O2S. The molecule has 0 aliphatic rings. The van der Waals surface area contributed by atoms with Crippen LogP contribution in [0.4, 0.5) is 0 Å². The average molecular weight is 505 g/mol.